The molecule has 0 saturated carbocycles. The van der Waals surface area contributed by atoms with Crippen LogP contribution in [0.15, 0.2) is 54.6 Å². The monoisotopic (exact) mass is 379 g/mol. The first-order chi connectivity index (χ1) is 13.2. The zero-order chi connectivity index (χ0) is 19.1. The molecule has 5 heteroatoms. The average molecular weight is 380 g/mol. The van der Waals surface area contributed by atoms with Crippen LogP contribution in [0.5, 0.6) is 0 Å². The molecule has 0 aliphatic heterocycles. The minimum absolute atomic E-state index is 0.110. The number of rotatable bonds is 8. The molecule has 1 heterocycles. The number of para-hydroxylation sites is 2. The molecule has 2 N–H and O–H groups in total. The van der Waals surface area contributed by atoms with Gasteiger partial charge in [0.1, 0.15) is 5.82 Å². The Morgan fingerprint density at radius 2 is 2.00 bits per heavy atom. The Balaban J connectivity index is 1.71. The fraction of sp³-hybridized carbons (Fsp3) is 0.273. The fourth-order valence-electron chi connectivity index (χ4n) is 2.91. The summed E-state index contributed by atoms with van der Waals surface area (Å²) in [6.45, 7) is 2.13. The summed E-state index contributed by atoms with van der Waals surface area (Å²) in [4.78, 5) is 20.4. The highest BCUT2D eigenvalue weighted by Gasteiger charge is 2.17. The molecule has 0 aliphatic rings. The summed E-state index contributed by atoms with van der Waals surface area (Å²) in [6.07, 6.45) is 7.34. The minimum atomic E-state index is -0.135. The molecule has 0 fully saturated rings. The lowest BCUT2D eigenvalue weighted by molar-refractivity contribution is -0.117. The van der Waals surface area contributed by atoms with Crippen molar-refractivity contribution in [2.75, 3.05) is 12.0 Å². The lowest BCUT2D eigenvalue weighted by Crippen LogP contribution is -2.28. The Kier molecular flexibility index (Phi) is 6.71. The van der Waals surface area contributed by atoms with E-state index in [2.05, 4.69) is 40.6 Å². The van der Waals surface area contributed by atoms with E-state index in [-0.39, 0.29) is 11.9 Å². The molecular weight excluding hydrogens is 354 g/mol. The maximum Gasteiger partial charge on any atom is 0.244 e. The van der Waals surface area contributed by atoms with Crippen LogP contribution < -0.4 is 5.32 Å². The van der Waals surface area contributed by atoms with Gasteiger partial charge in [-0.2, -0.15) is 11.8 Å². The van der Waals surface area contributed by atoms with Crippen molar-refractivity contribution in [3.63, 3.8) is 0 Å². The number of H-pyrrole nitrogens is 1. The van der Waals surface area contributed by atoms with Gasteiger partial charge in [0, 0.05) is 6.08 Å². The number of aromatic amines is 1. The predicted octanol–water partition coefficient (Wildman–Crippen LogP) is 4.75. The van der Waals surface area contributed by atoms with Gasteiger partial charge in [-0.25, -0.2) is 4.98 Å². The maximum absolute atomic E-state index is 12.5. The van der Waals surface area contributed by atoms with Crippen LogP contribution in [-0.4, -0.2) is 27.9 Å². The Morgan fingerprint density at radius 1 is 1.22 bits per heavy atom. The van der Waals surface area contributed by atoms with Crippen LogP contribution in [0.3, 0.4) is 0 Å². The molecule has 0 bridgehead atoms. The van der Waals surface area contributed by atoms with Crippen LogP contribution in [0.4, 0.5) is 0 Å². The number of imidazole rings is 1. The third-order valence-electron chi connectivity index (χ3n) is 4.48. The molecule has 1 atom stereocenters. The summed E-state index contributed by atoms with van der Waals surface area (Å²) in [5, 5.41) is 3.09. The third kappa shape index (κ3) is 5.23. The Labute approximate surface area is 164 Å². The van der Waals surface area contributed by atoms with Crippen molar-refractivity contribution in [3.05, 3.63) is 71.6 Å². The van der Waals surface area contributed by atoms with E-state index in [9.17, 15) is 4.79 Å². The van der Waals surface area contributed by atoms with E-state index in [1.54, 1.807) is 17.8 Å². The van der Waals surface area contributed by atoms with Gasteiger partial charge in [-0.15, -0.1) is 0 Å². The second-order valence-electron chi connectivity index (χ2n) is 6.41. The maximum atomic E-state index is 12.5. The van der Waals surface area contributed by atoms with Crippen LogP contribution in [-0.2, 0) is 11.2 Å². The number of hydrogen-bond donors (Lipinski definition) is 2. The number of hydrogen-bond acceptors (Lipinski definition) is 3. The quantitative estimate of drug-likeness (QED) is 0.555. The molecule has 3 aromatic rings. The van der Waals surface area contributed by atoms with Crippen LogP contribution in [0, 0.1) is 0 Å². The van der Waals surface area contributed by atoms with Crippen LogP contribution in [0.1, 0.15) is 36.3 Å². The zero-order valence-electron chi connectivity index (χ0n) is 15.7. The van der Waals surface area contributed by atoms with Gasteiger partial charge in [0.15, 0.2) is 0 Å². The number of aryl methyl sites for hydroxylation is 1. The second kappa shape index (κ2) is 9.42. The number of nitrogens with zero attached hydrogens (tertiary/aromatic N) is 1. The summed E-state index contributed by atoms with van der Waals surface area (Å²) in [7, 11) is 0. The molecule has 3 rings (SSSR count). The smallest absolute Gasteiger partial charge is 0.244 e. The Bertz CT molecular complexity index is 882. The molecule has 0 saturated heterocycles. The number of thioether (sulfide) groups is 1. The lowest BCUT2D eigenvalue weighted by Gasteiger charge is -2.15. The summed E-state index contributed by atoms with van der Waals surface area (Å²) < 4.78 is 0. The molecule has 0 radical (unpaired) electrons. The highest BCUT2D eigenvalue weighted by molar-refractivity contribution is 7.98. The Morgan fingerprint density at radius 3 is 2.70 bits per heavy atom. The summed E-state index contributed by atoms with van der Waals surface area (Å²) >= 11 is 1.76. The van der Waals surface area contributed by atoms with Gasteiger partial charge >= 0.3 is 0 Å². The predicted molar refractivity (Wildman–Crippen MR) is 115 cm³/mol. The summed E-state index contributed by atoms with van der Waals surface area (Å²) in [6, 6.07) is 16.0. The standard InChI is InChI=1S/C22H25N3OS/c1-3-16-8-10-17(11-9-16)12-13-21(26)23-20(14-15-27-2)22-24-18-6-4-5-7-19(18)25-22/h4-13,20H,3,14-15H2,1-2H3,(H,23,26)(H,24,25)/b13-12+. The molecule has 1 aromatic heterocycles. The van der Waals surface area contributed by atoms with E-state index in [4.69, 9.17) is 0 Å². The first-order valence-corrected chi connectivity index (χ1v) is 10.6. The van der Waals surface area contributed by atoms with Gasteiger partial charge in [0.2, 0.25) is 5.91 Å². The first kappa shape index (κ1) is 19.2. The van der Waals surface area contributed by atoms with Gasteiger partial charge in [0.05, 0.1) is 17.1 Å². The normalized spacial score (nSPS) is 12.5. The number of aromatic nitrogens is 2. The molecular formula is C22H25N3OS. The number of fused-ring (bicyclic) bond motifs is 1. The van der Waals surface area contributed by atoms with Crippen molar-refractivity contribution in [2.45, 2.75) is 25.8 Å². The van der Waals surface area contributed by atoms with Crippen LogP contribution in [0.2, 0.25) is 0 Å². The number of carbonyl (C=O) groups excluding carboxylic acids is 1. The number of nitrogens with one attached hydrogen (secondary N) is 2. The van der Waals surface area contributed by atoms with Crippen molar-refractivity contribution < 1.29 is 4.79 Å². The SMILES string of the molecule is CCc1ccc(/C=C/C(=O)NC(CCSC)c2nc3ccccc3[nH]2)cc1. The van der Waals surface area contributed by atoms with E-state index < -0.39 is 0 Å². The largest absolute Gasteiger partial charge is 0.343 e. The molecule has 0 aliphatic carbocycles. The molecule has 2 aromatic carbocycles. The molecule has 1 unspecified atom stereocenters. The van der Waals surface area contributed by atoms with Crippen LogP contribution in [0.25, 0.3) is 17.1 Å². The lowest BCUT2D eigenvalue weighted by atomic mass is 10.1. The van der Waals surface area contributed by atoms with E-state index in [0.29, 0.717) is 0 Å². The molecule has 140 valence electrons. The third-order valence-corrected chi connectivity index (χ3v) is 5.12. The van der Waals surface area contributed by atoms with Gasteiger partial charge in [0.25, 0.3) is 0 Å². The van der Waals surface area contributed by atoms with E-state index in [1.165, 1.54) is 5.56 Å². The molecule has 0 spiro atoms. The van der Waals surface area contributed by atoms with Crippen molar-refractivity contribution in [3.8, 4) is 0 Å². The zero-order valence-corrected chi connectivity index (χ0v) is 16.6. The highest BCUT2D eigenvalue weighted by atomic mass is 32.2. The van der Waals surface area contributed by atoms with Gasteiger partial charge < -0.3 is 10.3 Å². The first-order valence-electron chi connectivity index (χ1n) is 9.20. The Hall–Kier alpha value is -2.53. The van der Waals surface area contributed by atoms with Gasteiger partial charge in [-0.05, 0) is 54.2 Å². The second-order valence-corrected chi connectivity index (χ2v) is 7.40. The number of benzene rings is 2. The molecule has 27 heavy (non-hydrogen) atoms. The van der Waals surface area contributed by atoms with Crippen molar-refractivity contribution >= 4 is 34.8 Å². The molecule has 1 amide bonds. The summed E-state index contributed by atoms with van der Waals surface area (Å²) in [5.74, 6) is 1.64. The number of carbonyl (C=O) groups is 1. The fourth-order valence-corrected chi connectivity index (χ4v) is 3.38. The number of amides is 1. The van der Waals surface area contributed by atoms with Crippen LogP contribution >= 0.6 is 11.8 Å². The van der Waals surface area contributed by atoms with Crippen molar-refractivity contribution in [2.24, 2.45) is 0 Å². The van der Waals surface area contributed by atoms with E-state index in [1.807, 2.05) is 42.5 Å². The average Bonchev–Trinajstić information content (AvgIpc) is 3.14. The minimum Gasteiger partial charge on any atom is -0.343 e. The molecule has 4 nitrogen and oxygen atoms in total. The topological polar surface area (TPSA) is 57.8 Å². The van der Waals surface area contributed by atoms with Crippen molar-refractivity contribution in [1.82, 2.24) is 15.3 Å². The van der Waals surface area contributed by atoms with Gasteiger partial charge in [-0.1, -0.05) is 43.3 Å². The van der Waals surface area contributed by atoms with E-state index in [0.717, 1.165) is 41.0 Å². The highest BCUT2D eigenvalue weighted by Crippen LogP contribution is 2.20. The van der Waals surface area contributed by atoms with Gasteiger partial charge in [-0.3, -0.25) is 4.79 Å². The van der Waals surface area contributed by atoms with E-state index >= 15 is 0 Å². The van der Waals surface area contributed by atoms with Crippen molar-refractivity contribution in [1.29, 1.82) is 0 Å². The summed E-state index contributed by atoms with van der Waals surface area (Å²) in [5.41, 5.74) is 4.22.